The number of carbonyl (C=O) groups excluding carboxylic acids is 2. The summed E-state index contributed by atoms with van der Waals surface area (Å²) < 4.78 is 0. The molecule has 2 amide bonds. The molecular weight excluding hydrogens is 366 g/mol. The minimum atomic E-state index is -0.378. The molecule has 6 heteroatoms. The molecule has 3 aromatic carbocycles. The predicted molar refractivity (Wildman–Crippen MR) is 109 cm³/mol. The molecule has 0 aliphatic heterocycles. The normalized spacial score (nSPS) is 10.1. The van der Waals surface area contributed by atoms with E-state index >= 15 is 0 Å². The van der Waals surface area contributed by atoms with Crippen LogP contribution in [0.25, 0.3) is 0 Å². The molecule has 0 atom stereocenters. The summed E-state index contributed by atoms with van der Waals surface area (Å²) in [6.07, 6.45) is 0. The Morgan fingerprint density at radius 2 is 1.59 bits per heavy atom. The van der Waals surface area contributed by atoms with Crippen LogP contribution in [-0.2, 0) is 6.54 Å². The first-order valence-electron chi connectivity index (χ1n) is 8.92. The number of amides is 2. The minimum Gasteiger partial charge on any atom is -0.506 e. The van der Waals surface area contributed by atoms with Gasteiger partial charge in [0.15, 0.2) is 0 Å². The Bertz CT molecular complexity index is 1070. The number of nitrogens with zero attached hydrogens (tertiary/aromatic N) is 2. The van der Waals surface area contributed by atoms with E-state index in [1.807, 2.05) is 12.1 Å². The van der Waals surface area contributed by atoms with Crippen molar-refractivity contribution in [2.75, 3.05) is 12.4 Å². The van der Waals surface area contributed by atoms with Crippen LogP contribution in [0.1, 0.15) is 31.8 Å². The third-order valence-electron chi connectivity index (χ3n) is 4.40. The quantitative estimate of drug-likeness (QED) is 0.654. The Morgan fingerprint density at radius 3 is 2.21 bits per heavy atom. The van der Waals surface area contributed by atoms with Crippen molar-refractivity contribution in [1.82, 2.24) is 4.90 Å². The number of anilines is 1. The van der Waals surface area contributed by atoms with Crippen LogP contribution in [0.5, 0.6) is 5.75 Å². The van der Waals surface area contributed by atoms with E-state index in [9.17, 15) is 14.7 Å². The van der Waals surface area contributed by atoms with Crippen molar-refractivity contribution in [3.05, 3.63) is 95.1 Å². The second-order valence-electron chi connectivity index (χ2n) is 6.52. The van der Waals surface area contributed by atoms with Gasteiger partial charge >= 0.3 is 0 Å². The molecule has 0 radical (unpaired) electrons. The Hall–Kier alpha value is -4.11. The van der Waals surface area contributed by atoms with Crippen LogP contribution < -0.4 is 5.32 Å². The standard InChI is InChI=1S/C23H19N3O3/c1-26(15-17-8-6-16(14-24)7-9-17)23(29)19-12-10-18(11-13-19)22(28)25-20-4-2-3-5-21(20)27/h2-13,27H,15H2,1H3,(H,25,28). The molecule has 0 aliphatic rings. The predicted octanol–water partition coefficient (Wildman–Crippen LogP) is 3.79. The maximum Gasteiger partial charge on any atom is 0.255 e. The number of carbonyl (C=O) groups is 2. The van der Waals surface area contributed by atoms with Gasteiger partial charge in [0.2, 0.25) is 0 Å². The maximum absolute atomic E-state index is 12.6. The van der Waals surface area contributed by atoms with Crippen molar-refractivity contribution in [3.63, 3.8) is 0 Å². The van der Waals surface area contributed by atoms with Gasteiger partial charge < -0.3 is 15.3 Å². The van der Waals surface area contributed by atoms with Gasteiger partial charge in [-0.2, -0.15) is 5.26 Å². The summed E-state index contributed by atoms with van der Waals surface area (Å²) in [4.78, 5) is 26.5. The summed E-state index contributed by atoms with van der Waals surface area (Å²) >= 11 is 0. The smallest absolute Gasteiger partial charge is 0.255 e. The second kappa shape index (κ2) is 8.72. The van der Waals surface area contributed by atoms with Crippen LogP contribution >= 0.6 is 0 Å². The van der Waals surface area contributed by atoms with Gasteiger partial charge in [-0.05, 0) is 54.1 Å². The number of hydrogen-bond donors (Lipinski definition) is 2. The van der Waals surface area contributed by atoms with Gasteiger partial charge in [0.25, 0.3) is 11.8 Å². The van der Waals surface area contributed by atoms with Crippen molar-refractivity contribution < 1.29 is 14.7 Å². The van der Waals surface area contributed by atoms with Gasteiger partial charge in [-0.15, -0.1) is 0 Å². The van der Waals surface area contributed by atoms with E-state index < -0.39 is 0 Å². The van der Waals surface area contributed by atoms with Crippen LogP contribution in [0.2, 0.25) is 0 Å². The van der Waals surface area contributed by atoms with Gasteiger partial charge in [-0.1, -0.05) is 24.3 Å². The van der Waals surface area contributed by atoms with E-state index in [4.69, 9.17) is 5.26 Å². The van der Waals surface area contributed by atoms with Crippen LogP contribution in [0.3, 0.4) is 0 Å². The van der Waals surface area contributed by atoms with E-state index in [1.165, 1.54) is 6.07 Å². The molecule has 0 unspecified atom stereocenters. The monoisotopic (exact) mass is 385 g/mol. The Kier molecular flexibility index (Phi) is 5.91. The first-order chi connectivity index (χ1) is 14.0. The summed E-state index contributed by atoms with van der Waals surface area (Å²) in [6, 6.07) is 21.9. The first-order valence-corrected chi connectivity index (χ1v) is 8.92. The molecule has 144 valence electrons. The van der Waals surface area contributed by atoms with E-state index in [2.05, 4.69) is 11.4 Å². The molecule has 0 fully saturated rings. The van der Waals surface area contributed by atoms with Gasteiger partial charge in [0.05, 0.1) is 17.3 Å². The molecule has 0 bridgehead atoms. The van der Waals surface area contributed by atoms with Crippen molar-refractivity contribution in [3.8, 4) is 11.8 Å². The summed E-state index contributed by atoms with van der Waals surface area (Å²) in [5, 5.41) is 21.2. The number of para-hydroxylation sites is 2. The van der Waals surface area contributed by atoms with Gasteiger partial charge in [-0.3, -0.25) is 9.59 Å². The molecule has 3 rings (SSSR count). The highest BCUT2D eigenvalue weighted by molar-refractivity contribution is 6.05. The maximum atomic E-state index is 12.6. The van der Waals surface area contributed by atoms with Gasteiger partial charge in [0, 0.05) is 24.7 Å². The molecule has 0 spiro atoms. The van der Waals surface area contributed by atoms with Crippen LogP contribution in [0.4, 0.5) is 5.69 Å². The lowest BCUT2D eigenvalue weighted by atomic mass is 10.1. The van der Waals surface area contributed by atoms with Crippen molar-refractivity contribution in [2.24, 2.45) is 0 Å². The van der Waals surface area contributed by atoms with E-state index in [0.29, 0.717) is 28.9 Å². The number of nitriles is 1. The fourth-order valence-corrected chi connectivity index (χ4v) is 2.79. The SMILES string of the molecule is CN(Cc1ccc(C#N)cc1)C(=O)c1ccc(C(=O)Nc2ccccc2O)cc1. The largest absolute Gasteiger partial charge is 0.506 e. The van der Waals surface area contributed by atoms with Crippen LogP contribution in [-0.4, -0.2) is 28.9 Å². The number of aromatic hydroxyl groups is 1. The molecular formula is C23H19N3O3. The number of rotatable bonds is 5. The Morgan fingerprint density at radius 1 is 0.966 bits per heavy atom. The molecule has 0 aromatic heterocycles. The summed E-state index contributed by atoms with van der Waals surface area (Å²) in [6.45, 7) is 0.403. The highest BCUT2D eigenvalue weighted by Crippen LogP contribution is 2.22. The van der Waals surface area contributed by atoms with E-state index in [0.717, 1.165) is 5.56 Å². The third kappa shape index (κ3) is 4.79. The van der Waals surface area contributed by atoms with Gasteiger partial charge in [0.1, 0.15) is 5.75 Å². The van der Waals surface area contributed by atoms with Crippen molar-refractivity contribution in [2.45, 2.75) is 6.54 Å². The second-order valence-corrected chi connectivity index (χ2v) is 6.52. The minimum absolute atomic E-state index is 0.0166. The number of nitrogens with one attached hydrogen (secondary N) is 1. The zero-order chi connectivity index (χ0) is 20.8. The molecule has 0 heterocycles. The lowest BCUT2D eigenvalue weighted by Gasteiger charge is -2.17. The third-order valence-corrected chi connectivity index (χ3v) is 4.40. The highest BCUT2D eigenvalue weighted by Gasteiger charge is 2.14. The van der Waals surface area contributed by atoms with Crippen molar-refractivity contribution in [1.29, 1.82) is 5.26 Å². The molecule has 0 saturated carbocycles. The molecule has 29 heavy (non-hydrogen) atoms. The summed E-state index contributed by atoms with van der Waals surface area (Å²) in [7, 11) is 1.69. The summed E-state index contributed by atoms with van der Waals surface area (Å²) in [5.74, 6) is -0.574. The lowest BCUT2D eigenvalue weighted by Crippen LogP contribution is -2.26. The number of benzene rings is 3. The van der Waals surface area contributed by atoms with E-state index in [1.54, 1.807) is 66.5 Å². The molecule has 6 nitrogen and oxygen atoms in total. The molecule has 2 N–H and O–H groups in total. The van der Waals surface area contributed by atoms with E-state index in [-0.39, 0.29) is 17.6 Å². The highest BCUT2D eigenvalue weighted by atomic mass is 16.3. The van der Waals surface area contributed by atoms with Crippen LogP contribution in [0, 0.1) is 11.3 Å². The number of phenolic OH excluding ortho intramolecular Hbond substituents is 1. The molecule has 0 aliphatic carbocycles. The average molecular weight is 385 g/mol. The Balaban J connectivity index is 1.65. The average Bonchev–Trinajstić information content (AvgIpc) is 2.75. The first kappa shape index (κ1) is 19.6. The molecule has 0 saturated heterocycles. The number of hydrogen-bond acceptors (Lipinski definition) is 4. The fourth-order valence-electron chi connectivity index (χ4n) is 2.79. The lowest BCUT2D eigenvalue weighted by molar-refractivity contribution is 0.0784. The fraction of sp³-hybridized carbons (Fsp3) is 0.0870. The topological polar surface area (TPSA) is 93.4 Å². The number of phenols is 1. The Labute approximate surface area is 168 Å². The molecule has 3 aromatic rings. The summed E-state index contributed by atoms with van der Waals surface area (Å²) in [5.41, 5.74) is 2.64. The van der Waals surface area contributed by atoms with Crippen LogP contribution in [0.15, 0.2) is 72.8 Å². The van der Waals surface area contributed by atoms with Crippen molar-refractivity contribution >= 4 is 17.5 Å². The van der Waals surface area contributed by atoms with Gasteiger partial charge in [-0.25, -0.2) is 0 Å². The zero-order valence-corrected chi connectivity index (χ0v) is 15.8. The zero-order valence-electron chi connectivity index (χ0n) is 15.8.